The number of hydrogen-bond acceptors (Lipinski definition) is 4. The molecule has 2 N–H and O–H groups in total. The number of amides is 1. The monoisotopic (exact) mass is 430 g/mol. The minimum Gasteiger partial charge on any atom is -0.494 e. The zero-order valence-corrected chi connectivity index (χ0v) is 17.1. The van der Waals surface area contributed by atoms with Crippen LogP contribution in [0.2, 0.25) is 5.02 Å². The maximum Gasteiger partial charge on any atom is 0.261 e. The lowest BCUT2D eigenvalue weighted by atomic mass is 10.2. The van der Waals surface area contributed by atoms with Crippen molar-refractivity contribution in [2.24, 2.45) is 0 Å². The molecule has 3 rings (SSSR count). The summed E-state index contributed by atoms with van der Waals surface area (Å²) < 4.78 is 32.9. The Labute approximate surface area is 174 Å². The molecule has 0 aromatic heterocycles. The van der Waals surface area contributed by atoms with Crippen LogP contribution in [0.1, 0.15) is 17.3 Å². The van der Waals surface area contributed by atoms with Crippen LogP contribution in [0.4, 0.5) is 11.4 Å². The van der Waals surface area contributed by atoms with Crippen LogP contribution >= 0.6 is 11.6 Å². The Hall–Kier alpha value is -3.03. The summed E-state index contributed by atoms with van der Waals surface area (Å²) in [6.45, 7) is 2.45. The number of hydrogen-bond donors (Lipinski definition) is 2. The number of para-hydroxylation sites is 1. The second kappa shape index (κ2) is 8.98. The van der Waals surface area contributed by atoms with E-state index < -0.39 is 10.0 Å². The Morgan fingerprint density at radius 1 is 0.966 bits per heavy atom. The average Bonchev–Trinajstić information content (AvgIpc) is 2.71. The highest BCUT2D eigenvalue weighted by Gasteiger charge is 2.16. The first kappa shape index (κ1) is 20.7. The van der Waals surface area contributed by atoms with Gasteiger partial charge in [-0.2, -0.15) is 0 Å². The van der Waals surface area contributed by atoms with E-state index in [2.05, 4.69) is 10.0 Å². The largest absolute Gasteiger partial charge is 0.494 e. The van der Waals surface area contributed by atoms with Gasteiger partial charge in [-0.25, -0.2) is 8.42 Å². The molecule has 6 nitrogen and oxygen atoms in total. The standard InChI is InChI=1S/C21H19ClN2O4S/c1-2-28-17-11-9-16(10-12-17)23-21(25)15-7-13-18(14-8-15)29(26,27)24-20-6-4-3-5-19(20)22/h3-14,24H,2H2,1H3,(H,23,25). The molecule has 3 aromatic rings. The van der Waals surface area contributed by atoms with Crippen LogP contribution in [-0.4, -0.2) is 20.9 Å². The van der Waals surface area contributed by atoms with Crippen molar-refractivity contribution in [1.29, 1.82) is 0 Å². The van der Waals surface area contributed by atoms with Crippen LogP contribution in [0.15, 0.2) is 77.7 Å². The number of halogens is 1. The van der Waals surface area contributed by atoms with Crippen molar-refractivity contribution in [2.45, 2.75) is 11.8 Å². The molecule has 0 aliphatic heterocycles. The number of anilines is 2. The lowest BCUT2D eigenvalue weighted by Gasteiger charge is -2.10. The molecule has 0 radical (unpaired) electrons. The summed E-state index contributed by atoms with van der Waals surface area (Å²) in [6, 6.07) is 19.2. The van der Waals surface area contributed by atoms with E-state index in [1.54, 1.807) is 48.5 Å². The number of nitrogens with one attached hydrogen (secondary N) is 2. The first-order valence-corrected chi connectivity index (χ1v) is 10.7. The number of rotatable bonds is 7. The summed E-state index contributed by atoms with van der Waals surface area (Å²) in [5.74, 6) is 0.364. The minimum absolute atomic E-state index is 0.0232. The third-order valence-corrected chi connectivity index (χ3v) is 5.68. The van der Waals surface area contributed by atoms with Crippen molar-refractivity contribution in [3.05, 3.63) is 83.4 Å². The summed E-state index contributed by atoms with van der Waals surface area (Å²) in [5, 5.41) is 3.05. The fourth-order valence-corrected chi connectivity index (χ4v) is 3.86. The molecule has 8 heteroatoms. The number of carbonyl (C=O) groups excluding carboxylic acids is 1. The fraction of sp³-hybridized carbons (Fsp3) is 0.0952. The third kappa shape index (κ3) is 5.28. The van der Waals surface area contributed by atoms with Crippen molar-refractivity contribution in [1.82, 2.24) is 0 Å². The van der Waals surface area contributed by atoms with Gasteiger partial charge in [0, 0.05) is 11.3 Å². The Kier molecular flexibility index (Phi) is 6.41. The van der Waals surface area contributed by atoms with Crippen molar-refractivity contribution in [2.75, 3.05) is 16.6 Å². The molecule has 150 valence electrons. The highest BCUT2D eigenvalue weighted by atomic mass is 35.5. The predicted octanol–water partition coefficient (Wildman–Crippen LogP) is 4.79. The molecule has 3 aromatic carbocycles. The van der Waals surface area contributed by atoms with Gasteiger partial charge in [0.05, 0.1) is 22.2 Å². The second-order valence-electron chi connectivity index (χ2n) is 6.02. The van der Waals surface area contributed by atoms with Crippen LogP contribution in [0.25, 0.3) is 0 Å². The zero-order chi connectivity index (χ0) is 20.9. The third-order valence-electron chi connectivity index (χ3n) is 3.97. The van der Waals surface area contributed by atoms with E-state index in [0.29, 0.717) is 28.6 Å². The van der Waals surface area contributed by atoms with Crippen molar-refractivity contribution in [3.8, 4) is 5.75 Å². The van der Waals surface area contributed by atoms with E-state index in [0.717, 1.165) is 0 Å². The first-order chi connectivity index (χ1) is 13.9. The van der Waals surface area contributed by atoms with Crippen LogP contribution in [0.5, 0.6) is 5.75 Å². The Balaban J connectivity index is 1.70. The van der Waals surface area contributed by atoms with Gasteiger partial charge >= 0.3 is 0 Å². The first-order valence-electron chi connectivity index (χ1n) is 8.80. The Morgan fingerprint density at radius 3 is 2.24 bits per heavy atom. The molecular formula is C21H19ClN2O4S. The van der Waals surface area contributed by atoms with Gasteiger partial charge in [-0.15, -0.1) is 0 Å². The lowest BCUT2D eigenvalue weighted by Crippen LogP contribution is -2.15. The van der Waals surface area contributed by atoms with Gasteiger partial charge in [-0.3, -0.25) is 9.52 Å². The molecule has 0 aliphatic carbocycles. The molecule has 0 bridgehead atoms. The Morgan fingerprint density at radius 2 is 1.62 bits per heavy atom. The van der Waals surface area contributed by atoms with E-state index in [-0.39, 0.29) is 16.5 Å². The van der Waals surface area contributed by atoms with E-state index in [1.165, 1.54) is 24.3 Å². The summed E-state index contributed by atoms with van der Waals surface area (Å²) in [5.41, 5.74) is 1.22. The van der Waals surface area contributed by atoms with Gasteiger partial charge in [-0.05, 0) is 67.6 Å². The summed E-state index contributed by atoms with van der Waals surface area (Å²) >= 11 is 6.00. The number of benzene rings is 3. The maximum atomic E-state index is 12.5. The molecule has 0 aliphatic rings. The zero-order valence-electron chi connectivity index (χ0n) is 15.6. The molecule has 29 heavy (non-hydrogen) atoms. The van der Waals surface area contributed by atoms with Gasteiger partial charge in [0.25, 0.3) is 15.9 Å². The normalized spacial score (nSPS) is 11.0. The molecule has 0 spiro atoms. The highest BCUT2D eigenvalue weighted by Crippen LogP contribution is 2.24. The molecule has 0 saturated heterocycles. The van der Waals surface area contributed by atoms with E-state index in [4.69, 9.17) is 16.3 Å². The van der Waals surface area contributed by atoms with Gasteiger partial charge < -0.3 is 10.1 Å². The van der Waals surface area contributed by atoms with E-state index in [1.807, 2.05) is 6.92 Å². The molecule has 0 heterocycles. The maximum absolute atomic E-state index is 12.5. The molecule has 0 saturated carbocycles. The van der Waals surface area contributed by atoms with Gasteiger partial charge in [0.2, 0.25) is 0 Å². The molecule has 0 fully saturated rings. The molecule has 0 unspecified atom stereocenters. The number of sulfonamides is 1. The van der Waals surface area contributed by atoms with E-state index in [9.17, 15) is 13.2 Å². The van der Waals surface area contributed by atoms with E-state index >= 15 is 0 Å². The minimum atomic E-state index is -3.83. The van der Waals surface area contributed by atoms with Crippen molar-refractivity contribution < 1.29 is 17.9 Å². The van der Waals surface area contributed by atoms with Crippen LogP contribution in [0, 0.1) is 0 Å². The molecule has 1 amide bonds. The number of ether oxygens (including phenoxy) is 1. The average molecular weight is 431 g/mol. The lowest BCUT2D eigenvalue weighted by molar-refractivity contribution is 0.102. The molecular weight excluding hydrogens is 412 g/mol. The molecule has 0 atom stereocenters. The van der Waals surface area contributed by atoms with Crippen molar-refractivity contribution in [3.63, 3.8) is 0 Å². The fourth-order valence-electron chi connectivity index (χ4n) is 2.54. The summed E-state index contributed by atoms with van der Waals surface area (Å²) in [7, 11) is -3.83. The van der Waals surface area contributed by atoms with Gasteiger partial charge in [0.1, 0.15) is 5.75 Å². The quantitative estimate of drug-likeness (QED) is 0.564. The highest BCUT2D eigenvalue weighted by molar-refractivity contribution is 7.92. The number of carbonyl (C=O) groups is 1. The smallest absolute Gasteiger partial charge is 0.261 e. The van der Waals surface area contributed by atoms with Crippen LogP contribution < -0.4 is 14.8 Å². The Bertz CT molecular complexity index is 1100. The van der Waals surface area contributed by atoms with Crippen LogP contribution in [-0.2, 0) is 10.0 Å². The van der Waals surface area contributed by atoms with Gasteiger partial charge in [-0.1, -0.05) is 23.7 Å². The van der Waals surface area contributed by atoms with Crippen LogP contribution in [0.3, 0.4) is 0 Å². The second-order valence-corrected chi connectivity index (χ2v) is 8.11. The predicted molar refractivity (Wildman–Crippen MR) is 114 cm³/mol. The van der Waals surface area contributed by atoms with Gasteiger partial charge in [0.15, 0.2) is 0 Å². The summed E-state index contributed by atoms with van der Waals surface area (Å²) in [4.78, 5) is 12.4. The SMILES string of the molecule is CCOc1ccc(NC(=O)c2ccc(S(=O)(=O)Nc3ccccc3Cl)cc2)cc1. The van der Waals surface area contributed by atoms with Crippen molar-refractivity contribution >= 4 is 38.9 Å². The topological polar surface area (TPSA) is 84.5 Å². The summed E-state index contributed by atoms with van der Waals surface area (Å²) in [6.07, 6.45) is 0.